The van der Waals surface area contributed by atoms with Gasteiger partial charge in [-0.2, -0.15) is 0 Å². The highest BCUT2D eigenvalue weighted by molar-refractivity contribution is 5.97. The maximum Gasteiger partial charge on any atom is 0.179 e. The predicted molar refractivity (Wildman–Crippen MR) is 76.0 cm³/mol. The highest BCUT2D eigenvalue weighted by Gasteiger charge is 2.15. The summed E-state index contributed by atoms with van der Waals surface area (Å²) in [7, 11) is 1.74. The predicted octanol–water partition coefficient (Wildman–Crippen LogP) is 2.98. The third kappa shape index (κ3) is 4.16. The third-order valence-corrected chi connectivity index (χ3v) is 3.02. The van der Waals surface area contributed by atoms with Gasteiger partial charge in [-0.1, -0.05) is 6.07 Å². The van der Waals surface area contributed by atoms with Crippen LogP contribution in [0.2, 0.25) is 0 Å². The number of pyridine rings is 1. The van der Waals surface area contributed by atoms with E-state index in [0.29, 0.717) is 6.54 Å². The standard InChI is InChI=1S/C16H16F2N2O/c1-11-4-3-5-13(19-11)9-20(2)10-16(21)14-8-12(17)6-7-15(14)18/h3-8H,9-10H2,1-2H3. The van der Waals surface area contributed by atoms with Crippen molar-refractivity contribution < 1.29 is 13.6 Å². The maximum atomic E-state index is 13.5. The fourth-order valence-electron chi connectivity index (χ4n) is 2.06. The van der Waals surface area contributed by atoms with E-state index in [4.69, 9.17) is 0 Å². The van der Waals surface area contributed by atoms with Crippen molar-refractivity contribution in [2.45, 2.75) is 13.5 Å². The molecular formula is C16H16F2N2O. The minimum Gasteiger partial charge on any atom is -0.293 e. The van der Waals surface area contributed by atoms with Crippen LogP contribution in [0.3, 0.4) is 0 Å². The summed E-state index contributed by atoms with van der Waals surface area (Å²) in [6.07, 6.45) is 0. The molecule has 5 heteroatoms. The van der Waals surface area contributed by atoms with Crippen molar-refractivity contribution in [2.24, 2.45) is 0 Å². The zero-order valence-corrected chi connectivity index (χ0v) is 11.9. The van der Waals surface area contributed by atoms with Gasteiger partial charge >= 0.3 is 0 Å². The third-order valence-electron chi connectivity index (χ3n) is 3.02. The van der Waals surface area contributed by atoms with E-state index in [1.54, 1.807) is 11.9 Å². The van der Waals surface area contributed by atoms with Crippen LogP contribution in [0, 0.1) is 18.6 Å². The fraction of sp³-hybridized carbons (Fsp3) is 0.250. The van der Waals surface area contributed by atoms with Gasteiger partial charge in [-0.3, -0.25) is 14.7 Å². The molecule has 0 aliphatic heterocycles. The van der Waals surface area contributed by atoms with E-state index < -0.39 is 17.4 Å². The van der Waals surface area contributed by atoms with Crippen LogP contribution in [0.15, 0.2) is 36.4 Å². The van der Waals surface area contributed by atoms with Crippen LogP contribution in [0.4, 0.5) is 8.78 Å². The van der Waals surface area contributed by atoms with Crippen molar-refractivity contribution in [3.05, 3.63) is 65.0 Å². The molecule has 0 N–H and O–H groups in total. The topological polar surface area (TPSA) is 33.2 Å². The summed E-state index contributed by atoms with van der Waals surface area (Å²) in [5.74, 6) is -1.78. The summed E-state index contributed by atoms with van der Waals surface area (Å²) in [6.45, 7) is 2.34. The second-order valence-corrected chi connectivity index (χ2v) is 4.99. The molecule has 0 radical (unpaired) electrons. The molecule has 1 aromatic carbocycles. The molecule has 110 valence electrons. The number of carbonyl (C=O) groups is 1. The lowest BCUT2D eigenvalue weighted by atomic mass is 10.1. The number of benzene rings is 1. The van der Waals surface area contributed by atoms with Crippen molar-refractivity contribution in [2.75, 3.05) is 13.6 Å². The molecule has 0 unspecified atom stereocenters. The first kappa shape index (κ1) is 15.3. The SMILES string of the molecule is Cc1cccc(CN(C)CC(=O)c2cc(F)ccc2F)n1. The summed E-state index contributed by atoms with van der Waals surface area (Å²) < 4.78 is 26.6. The molecular weight excluding hydrogens is 274 g/mol. The molecule has 0 atom stereocenters. The minimum atomic E-state index is -0.705. The van der Waals surface area contributed by atoms with Crippen molar-refractivity contribution in [3.8, 4) is 0 Å². The minimum absolute atomic E-state index is 0.00397. The van der Waals surface area contributed by atoms with E-state index >= 15 is 0 Å². The van der Waals surface area contributed by atoms with Crippen LogP contribution in [-0.2, 0) is 6.54 Å². The Kier molecular flexibility index (Phi) is 4.75. The zero-order chi connectivity index (χ0) is 15.4. The zero-order valence-electron chi connectivity index (χ0n) is 11.9. The van der Waals surface area contributed by atoms with Crippen molar-refractivity contribution in [1.29, 1.82) is 0 Å². The Morgan fingerprint density at radius 2 is 2.00 bits per heavy atom. The van der Waals surface area contributed by atoms with Crippen molar-refractivity contribution in [3.63, 3.8) is 0 Å². The van der Waals surface area contributed by atoms with Gasteiger partial charge in [0.2, 0.25) is 0 Å². The second-order valence-electron chi connectivity index (χ2n) is 4.99. The van der Waals surface area contributed by atoms with Gasteiger partial charge < -0.3 is 0 Å². The number of Topliss-reactive ketones (excluding diaryl/α,β-unsaturated/α-hetero) is 1. The van der Waals surface area contributed by atoms with Gasteiger partial charge in [0, 0.05) is 12.2 Å². The molecule has 2 rings (SSSR count). The van der Waals surface area contributed by atoms with Crippen molar-refractivity contribution in [1.82, 2.24) is 9.88 Å². The van der Waals surface area contributed by atoms with E-state index in [2.05, 4.69) is 4.98 Å². The molecule has 1 aromatic heterocycles. The normalized spacial score (nSPS) is 10.9. The summed E-state index contributed by atoms with van der Waals surface area (Å²) in [4.78, 5) is 18.1. The molecule has 0 saturated carbocycles. The van der Waals surface area contributed by atoms with Gasteiger partial charge in [-0.05, 0) is 44.3 Å². The first-order valence-corrected chi connectivity index (χ1v) is 6.55. The maximum absolute atomic E-state index is 13.5. The van der Waals surface area contributed by atoms with Crippen molar-refractivity contribution >= 4 is 5.78 Å². The van der Waals surface area contributed by atoms with Crippen LogP contribution in [0.25, 0.3) is 0 Å². The number of rotatable bonds is 5. The Labute approximate surface area is 122 Å². The molecule has 0 saturated heterocycles. The molecule has 0 aliphatic rings. The van der Waals surface area contributed by atoms with Gasteiger partial charge in [-0.25, -0.2) is 8.78 Å². The Morgan fingerprint density at radius 3 is 2.71 bits per heavy atom. The monoisotopic (exact) mass is 290 g/mol. The van der Waals surface area contributed by atoms with Gasteiger partial charge in [0.1, 0.15) is 11.6 Å². The number of aromatic nitrogens is 1. The van der Waals surface area contributed by atoms with E-state index in [0.717, 1.165) is 29.6 Å². The lowest BCUT2D eigenvalue weighted by Gasteiger charge is -2.15. The molecule has 0 fully saturated rings. The number of nitrogens with zero attached hydrogens (tertiary/aromatic N) is 2. The number of hydrogen-bond acceptors (Lipinski definition) is 3. The molecule has 0 aliphatic carbocycles. The quantitative estimate of drug-likeness (QED) is 0.794. The molecule has 21 heavy (non-hydrogen) atoms. The van der Waals surface area contributed by atoms with Gasteiger partial charge in [0.15, 0.2) is 5.78 Å². The van der Waals surface area contributed by atoms with Gasteiger partial charge in [0.25, 0.3) is 0 Å². The van der Waals surface area contributed by atoms with E-state index in [9.17, 15) is 13.6 Å². The summed E-state index contributed by atoms with van der Waals surface area (Å²) in [5, 5.41) is 0. The molecule has 0 spiro atoms. The van der Waals surface area contributed by atoms with Crippen LogP contribution >= 0.6 is 0 Å². The summed E-state index contributed by atoms with van der Waals surface area (Å²) in [6, 6.07) is 8.51. The van der Waals surface area contributed by atoms with Crippen LogP contribution in [0.5, 0.6) is 0 Å². The fourth-order valence-corrected chi connectivity index (χ4v) is 2.06. The highest BCUT2D eigenvalue weighted by atomic mass is 19.1. The van der Waals surface area contributed by atoms with Gasteiger partial charge in [0.05, 0.1) is 17.8 Å². The second kappa shape index (κ2) is 6.54. The Bertz CT molecular complexity index is 658. The van der Waals surface area contributed by atoms with Crippen LogP contribution in [0.1, 0.15) is 21.7 Å². The summed E-state index contributed by atoms with van der Waals surface area (Å²) in [5.41, 5.74) is 1.49. The smallest absolute Gasteiger partial charge is 0.179 e. The molecule has 3 nitrogen and oxygen atoms in total. The van der Waals surface area contributed by atoms with E-state index in [-0.39, 0.29) is 12.1 Å². The van der Waals surface area contributed by atoms with Crippen LogP contribution in [-0.4, -0.2) is 29.3 Å². The van der Waals surface area contributed by atoms with Gasteiger partial charge in [-0.15, -0.1) is 0 Å². The Morgan fingerprint density at radius 1 is 1.24 bits per heavy atom. The first-order chi connectivity index (χ1) is 9.95. The highest BCUT2D eigenvalue weighted by Crippen LogP contribution is 2.11. The molecule has 2 aromatic rings. The number of hydrogen-bond donors (Lipinski definition) is 0. The average molecular weight is 290 g/mol. The Hall–Kier alpha value is -2.14. The number of ketones is 1. The van der Waals surface area contributed by atoms with E-state index in [1.807, 2.05) is 25.1 Å². The number of likely N-dealkylation sites (N-methyl/N-ethyl adjacent to an activating group) is 1. The van der Waals surface area contributed by atoms with E-state index in [1.165, 1.54) is 0 Å². The molecule has 1 heterocycles. The lowest BCUT2D eigenvalue weighted by molar-refractivity contribution is 0.0938. The molecule has 0 bridgehead atoms. The number of carbonyl (C=O) groups excluding carboxylic acids is 1. The number of aryl methyl sites for hydroxylation is 1. The lowest BCUT2D eigenvalue weighted by Crippen LogP contribution is -2.26. The summed E-state index contributed by atoms with van der Waals surface area (Å²) >= 11 is 0. The van der Waals surface area contributed by atoms with Crippen LogP contribution < -0.4 is 0 Å². The largest absolute Gasteiger partial charge is 0.293 e. The molecule has 0 amide bonds. The average Bonchev–Trinajstić information content (AvgIpc) is 2.41. The number of halogens is 2. The Balaban J connectivity index is 2.03. The first-order valence-electron chi connectivity index (χ1n) is 6.55.